The molecule has 1 N–H and O–H groups in total. The third kappa shape index (κ3) is 4.07. The summed E-state index contributed by atoms with van der Waals surface area (Å²) in [4.78, 5) is 17.4. The van der Waals surface area contributed by atoms with Crippen LogP contribution in [-0.4, -0.2) is 37.0 Å². The molecule has 5 rings (SSSR count). The summed E-state index contributed by atoms with van der Waals surface area (Å²) in [6, 6.07) is 17.7. The zero-order valence-corrected chi connectivity index (χ0v) is 18.7. The Morgan fingerprint density at radius 1 is 1.12 bits per heavy atom. The molecule has 8 nitrogen and oxygen atoms in total. The molecule has 1 aliphatic rings. The Balaban J connectivity index is 1.58. The number of fused-ring (bicyclic) bond motifs is 1. The van der Waals surface area contributed by atoms with Crippen molar-refractivity contribution in [2.45, 2.75) is 39.2 Å². The first-order valence-corrected chi connectivity index (χ1v) is 10.9. The Morgan fingerprint density at radius 2 is 1.94 bits per heavy atom. The van der Waals surface area contributed by atoms with Crippen LogP contribution >= 0.6 is 0 Å². The lowest BCUT2D eigenvalue weighted by Crippen LogP contribution is -2.25. The third-order valence-corrected chi connectivity index (χ3v) is 5.54. The summed E-state index contributed by atoms with van der Waals surface area (Å²) >= 11 is 0. The predicted molar refractivity (Wildman–Crippen MR) is 124 cm³/mol. The Labute approximate surface area is 191 Å². The van der Waals surface area contributed by atoms with Gasteiger partial charge in [0.25, 0.3) is 5.95 Å². The van der Waals surface area contributed by atoms with Gasteiger partial charge in [-0.1, -0.05) is 42.5 Å². The van der Waals surface area contributed by atoms with Crippen molar-refractivity contribution in [2.24, 2.45) is 0 Å². The van der Waals surface area contributed by atoms with E-state index in [1.807, 2.05) is 75.4 Å². The molecule has 0 saturated heterocycles. The molecular weight excluding hydrogens is 416 g/mol. The van der Waals surface area contributed by atoms with Gasteiger partial charge >= 0.3 is 0 Å². The van der Waals surface area contributed by atoms with Crippen molar-refractivity contribution in [3.05, 3.63) is 77.6 Å². The first kappa shape index (κ1) is 20.8. The molecule has 2 aromatic heterocycles. The molecule has 0 unspecified atom stereocenters. The summed E-state index contributed by atoms with van der Waals surface area (Å²) in [7, 11) is 0. The van der Waals surface area contributed by atoms with Gasteiger partial charge in [-0.2, -0.15) is 14.9 Å². The normalized spacial score (nSPS) is 15.3. The molecule has 8 heteroatoms. The number of nitrogens with zero attached hydrogens (tertiary/aromatic N) is 5. The van der Waals surface area contributed by atoms with Gasteiger partial charge in [-0.15, -0.1) is 5.10 Å². The van der Waals surface area contributed by atoms with Crippen LogP contribution in [-0.2, 0) is 4.79 Å². The number of aromatic nitrogens is 5. The van der Waals surface area contributed by atoms with Crippen molar-refractivity contribution in [3.63, 3.8) is 0 Å². The topological polar surface area (TPSA) is 94.8 Å². The van der Waals surface area contributed by atoms with Crippen molar-refractivity contribution in [1.29, 1.82) is 0 Å². The van der Waals surface area contributed by atoms with Gasteiger partial charge in [0, 0.05) is 23.5 Å². The first-order valence-electron chi connectivity index (χ1n) is 10.9. The fraction of sp³-hybridized carbons (Fsp3) is 0.240. The number of carbonyl (C=O) groups is 1. The zero-order valence-electron chi connectivity index (χ0n) is 18.7. The quantitative estimate of drug-likeness (QED) is 0.497. The second-order valence-corrected chi connectivity index (χ2v) is 8.31. The average molecular weight is 441 g/mol. The van der Waals surface area contributed by atoms with E-state index < -0.39 is 0 Å². The summed E-state index contributed by atoms with van der Waals surface area (Å²) in [6.07, 6.45) is 2.01. The Morgan fingerprint density at radius 3 is 2.73 bits per heavy atom. The number of hydrogen-bond donors (Lipinski definition) is 1. The van der Waals surface area contributed by atoms with Gasteiger partial charge in [0.1, 0.15) is 11.6 Å². The molecule has 166 valence electrons. The van der Waals surface area contributed by atoms with E-state index in [0.717, 1.165) is 28.1 Å². The highest BCUT2D eigenvalue weighted by molar-refractivity contribution is 5.95. The van der Waals surface area contributed by atoms with Gasteiger partial charge in [0.05, 0.1) is 23.7 Å². The van der Waals surface area contributed by atoms with Crippen LogP contribution in [0.5, 0.6) is 5.75 Å². The number of rotatable bonds is 5. The van der Waals surface area contributed by atoms with Crippen molar-refractivity contribution in [1.82, 2.24) is 25.0 Å². The van der Waals surface area contributed by atoms with Crippen LogP contribution in [0.1, 0.15) is 43.0 Å². The number of nitrogens with one attached hydrogen (secondary N) is 1. The minimum atomic E-state index is -0.150. The molecular formula is C25H24N6O2. The molecule has 0 aliphatic carbocycles. The first-order chi connectivity index (χ1) is 16.0. The second kappa shape index (κ2) is 8.46. The maximum atomic E-state index is 12.7. The molecule has 33 heavy (non-hydrogen) atoms. The lowest BCUT2D eigenvalue weighted by atomic mass is 9.86. The van der Waals surface area contributed by atoms with Gasteiger partial charge in [0.15, 0.2) is 0 Å². The molecule has 1 amide bonds. The molecule has 0 fully saturated rings. The summed E-state index contributed by atoms with van der Waals surface area (Å²) < 4.78 is 7.44. The van der Waals surface area contributed by atoms with E-state index in [1.54, 1.807) is 10.9 Å². The zero-order chi connectivity index (χ0) is 22.9. The van der Waals surface area contributed by atoms with Gasteiger partial charge in [-0.3, -0.25) is 4.79 Å². The van der Waals surface area contributed by atoms with Crippen LogP contribution in [0.2, 0.25) is 0 Å². The average Bonchev–Trinajstić information content (AvgIpc) is 3.15. The maximum Gasteiger partial charge on any atom is 0.272 e. The van der Waals surface area contributed by atoms with E-state index in [2.05, 4.69) is 25.6 Å². The maximum absolute atomic E-state index is 12.7. The number of benzene rings is 2. The van der Waals surface area contributed by atoms with E-state index in [9.17, 15) is 4.79 Å². The Hall–Kier alpha value is -4.07. The number of anilines is 1. The minimum Gasteiger partial charge on any atom is -0.491 e. The molecule has 0 saturated carbocycles. The Bertz CT molecular complexity index is 1320. The van der Waals surface area contributed by atoms with Crippen molar-refractivity contribution < 1.29 is 9.53 Å². The Kier molecular flexibility index (Phi) is 5.34. The van der Waals surface area contributed by atoms with Crippen LogP contribution < -0.4 is 10.1 Å². The van der Waals surface area contributed by atoms with E-state index in [0.29, 0.717) is 23.9 Å². The van der Waals surface area contributed by atoms with Crippen LogP contribution in [0, 0.1) is 6.92 Å². The second-order valence-electron chi connectivity index (χ2n) is 8.31. The lowest BCUT2D eigenvalue weighted by Gasteiger charge is -2.24. The van der Waals surface area contributed by atoms with E-state index >= 15 is 0 Å². The fourth-order valence-electron chi connectivity index (χ4n) is 4.19. The van der Waals surface area contributed by atoms with Crippen LogP contribution in [0.3, 0.4) is 0 Å². The van der Waals surface area contributed by atoms with Gasteiger partial charge in [-0.05, 0) is 38.5 Å². The van der Waals surface area contributed by atoms with Crippen molar-refractivity contribution in [3.8, 4) is 23.0 Å². The smallest absolute Gasteiger partial charge is 0.272 e. The van der Waals surface area contributed by atoms with Gasteiger partial charge in [-0.25, -0.2) is 4.98 Å². The van der Waals surface area contributed by atoms with E-state index in [4.69, 9.17) is 4.74 Å². The number of amides is 1. The van der Waals surface area contributed by atoms with Crippen molar-refractivity contribution >= 4 is 11.7 Å². The fourth-order valence-corrected chi connectivity index (χ4v) is 4.19. The summed E-state index contributed by atoms with van der Waals surface area (Å²) in [5.74, 6) is 1.43. The highest BCUT2D eigenvalue weighted by Crippen LogP contribution is 2.40. The standard InChI is InChI=1S/C25H24N6O2/c1-15(2)33-19-11-7-10-18(12-19)20-13-22(32)28-24-23(20)16(3)30-31(24)25-27-21(14-26-29-25)17-8-5-4-6-9-17/h4-12,14-15,20H,13H2,1-3H3,(H,28,32)/t20-/m0/s1. The van der Waals surface area contributed by atoms with Crippen LogP contribution in [0.25, 0.3) is 17.2 Å². The third-order valence-electron chi connectivity index (χ3n) is 5.54. The number of hydrogen-bond acceptors (Lipinski definition) is 6. The number of carbonyl (C=O) groups excluding carboxylic acids is 1. The number of aryl methyl sites for hydroxylation is 1. The SMILES string of the molecule is Cc1nn(-c2nncc(-c3ccccc3)n2)c2c1[C@H](c1cccc(OC(C)C)c1)CC(=O)N2. The number of ether oxygens (including phenoxy) is 1. The van der Waals surface area contributed by atoms with Crippen LogP contribution in [0.15, 0.2) is 60.8 Å². The van der Waals surface area contributed by atoms with Gasteiger partial charge in [0.2, 0.25) is 5.91 Å². The highest BCUT2D eigenvalue weighted by Gasteiger charge is 2.33. The summed E-state index contributed by atoms with van der Waals surface area (Å²) in [5, 5.41) is 16.0. The largest absolute Gasteiger partial charge is 0.491 e. The van der Waals surface area contributed by atoms with E-state index in [1.165, 1.54) is 0 Å². The highest BCUT2D eigenvalue weighted by atomic mass is 16.5. The molecule has 3 heterocycles. The van der Waals surface area contributed by atoms with Crippen molar-refractivity contribution in [2.75, 3.05) is 5.32 Å². The van der Waals surface area contributed by atoms with Gasteiger partial charge < -0.3 is 10.1 Å². The predicted octanol–water partition coefficient (Wildman–Crippen LogP) is 4.29. The molecule has 0 bridgehead atoms. The molecule has 1 atom stereocenters. The minimum absolute atomic E-state index is 0.0662. The summed E-state index contributed by atoms with van der Waals surface area (Å²) in [5.41, 5.74) is 4.36. The lowest BCUT2D eigenvalue weighted by molar-refractivity contribution is -0.116. The summed E-state index contributed by atoms with van der Waals surface area (Å²) in [6.45, 7) is 5.91. The van der Waals surface area contributed by atoms with Crippen LogP contribution in [0.4, 0.5) is 5.82 Å². The molecule has 0 spiro atoms. The molecule has 4 aromatic rings. The van der Waals surface area contributed by atoms with E-state index in [-0.39, 0.29) is 17.9 Å². The molecule has 0 radical (unpaired) electrons. The molecule has 1 aliphatic heterocycles. The monoisotopic (exact) mass is 440 g/mol. The molecule has 2 aromatic carbocycles.